The molecule has 0 saturated carbocycles. The number of piperazine rings is 1. The summed E-state index contributed by atoms with van der Waals surface area (Å²) < 4.78 is 7.18. The molecule has 164 valence electrons. The maximum Gasteiger partial charge on any atom is 0.289 e. The monoisotopic (exact) mass is 442 g/mol. The van der Waals surface area contributed by atoms with Crippen LogP contribution in [0.1, 0.15) is 55.2 Å². The van der Waals surface area contributed by atoms with Crippen LogP contribution in [0, 0.1) is 0 Å². The number of hydrogen-bond acceptors (Lipinski definition) is 6. The third-order valence-electron chi connectivity index (χ3n) is 6.08. The van der Waals surface area contributed by atoms with Crippen molar-refractivity contribution in [3.8, 4) is 0 Å². The molecule has 1 aromatic carbocycles. The molecule has 0 N–H and O–H groups in total. The molecule has 31 heavy (non-hydrogen) atoms. The van der Waals surface area contributed by atoms with Gasteiger partial charge in [0.1, 0.15) is 0 Å². The molecule has 0 spiro atoms. The van der Waals surface area contributed by atoms with Crippen LogP contribution in [0.25, 0.3) is 0 Å². The first-order chi connectivity index (χ1) is 14.9. The topological polar surface area (TPSA) is 80.3 Å². The van der Waals surface area contributed by atoms with Gasteiger partial charge in [-0.05, 0) is 54.5 Å². The van der Waals surface area contributed by atoms with Crippen LogP contribution in [0.3, 0.4) is 0 Å². The second-order valence-corrected chi connectivity index (χ2v) is 8.75. The molecule has 0 bridgehead atoms. The Balaban J connectivity index is 1.64. The van der Waals surface area contributed by atoms with E-state index < -0.39 is 0 Å². The van der Waals surface area contributed by atoms with Crippen molar-refractivity contribution < 1.29 is 9.21 Å². The maximum absolute atomic E-state index is 12.7. The second-order valence-electron chi connectivity index (χ2n) is 8.34. The van der Waals surface area contributed by atoms with Gasteiger partial charge in [-0.3, -0.25) is 9.69 Å². The summed E-state index contributed by atoms with van der Waals surface area (Å²) in [5.74, 6) is 1.03. The van der Waals surface area contributed by atoms with Crippen LogP contribution in [0.15, 0.2) is 47.1 Å². The fraction of sp³-hybridized carbons (Fsp3) is 0.455. The second kappa shape index (κ2) is 8.80. The van der Waals surface area contributed by atoms with Gasteiger partial charge in [-0.1, -0.05) is 36.7 Å². The number of benzene rings is 1. The number of furan rings is 1. The lowest BCUT2D eigenvalue weighted by Crippen LogP contribution is -2.50. The van der Waals surface area contributed by atoms with Gasteiger partial charge in [0.05, 0.1) is 17.8 Å². The molecule has 2 aromatic heterocycles. The van der Waals surface area contributed by atoms with E-state index in [0.29, 0.717) is 37.0 Å². The summed E-state index contributed by atoms with van der Waals surface area (Å²) in [5, 5.41) is 13.4. The third kappa shape index (κ3) is 4.22. The highest BCUT2D eigenvalue weighted by Crippen LogP contribution is 2.35. The number of hydrogen-bond donors (Lipinski definition) is 0. The Labute approximate surface area is 186 Å². The number of carbonyl (C=O) groups excluding carboxylic acids is 1. The fourth-order valence-electron chi connectivity index (χ4n) is 3.88. The molecule has 0 radical (unpaired) electrons. The van der Waals surface area contributed by atoms with E-state index in [1.165, 1.54) is 6.26 Å². The summed E-state index contributed by atoms with van der Waals surface area (Å²) in [6.07, 6.45) is 2.40. The summed E-state index contributed by atoms with van der Waals surface area (Å²) >= 11 is 6.62. The van der Waals surface area contributed by atoms with E-state index in [-0.39, 0.29) is 17.5 Å². The molecule has 1 aliphatic heterocycles. The molecule has 9 heteroatoms. The van der Waals surface area contributed by atoms with Crippen LogP contribution in [0.2, 0.25) is 5.02 Å². The predicted molar refractivity (Wildman–Crippen MR) is 117 cm³/mol. The predicted octanol–water partition coefficient (Wildman–Crippen LogP) is 3.61. The largest absolute Gasteiger partial charge is 0.459 e. The first-order valence-corrected chi connectivity index (χ1v) is 10.9. The lowest BCUT2D eigenvalue weighted by atomic mass is 9.99. The van der Waals surface area contributed by atoms with Crippen LogP contribution in [0.4, 0.5) is 0 Å². The van der Waals surface area contributed by atoms with Crippen LogP contribution in [-0.4, -0.2) is 62.1 Å². The summed E-state index contributed by atoms with van der Waals surface area (Å²) in [4.78, 5) is 16.8. The molecular formula is C22H27ClN6O2. The molecule has 8 nitrogen and oxygen atoms in total. The van der Waals surface area contributed by atoms with Crippen LogP contribution in [0.5, 0.6) is 0 Å². The number of carbonyl (C=O) groups is 1. The first-order valence-electron chi connectivity index (χ1n) is 10.5. The molecule has 1 saturated heterocycles. The zero-order chi connectivity index (χ0) is 22.0. The van der Waals surface area contributed by atoms with Crippen molar-refractivity contribution in [3.63, 3.8) is 0 Å². The van der Waals surface area contributed by atoms with E-state index in [2.05, 4.69) is 41.2 Å². The van der Waals surface area contributed by atoms with E-state index in [1.807, 2.05) is 33.8 Å². The molecule has 1 unspecified atom stereocenters. The summed E-state index contributed by atoms with van der Waals surface area (Å²) in [7, 11) is 0. The zero-order valence-electron chi connectivity index (χ0n) is 18.0. The van der Waals surface area contributed by atoms with Gasteiger partial charge in [0.25, 0.3) is 5.91 Å². The Bertz CT molecular complexity index is 1020. The van der Waals surface area contributed by atoms with Crippen molar-refractivity contribution in [3.05, 3.63) is 64.8 Å². The molecular weight excluding hydrogens is 416 g/mol. The van der Waals surface area contributed by atoms with Gasteiger partial charge in [0.15, 0.2) is 11.6 Å². The third-order valence-corrected chi connectivity index (χ3v) is 6.42. The molecule has 1 aliphatic rings. The maximum atomic E-state index is 12.7. The molecule has 0 aliphatic carbocycles. The summed E-state index contributed by atoms with van der Waals surface area (Å²) in [6.45, 7) is 8.86. The number of halogens is 1. The standard InChI is InChI=1S/C22H27ClN6O2/c1-4-22(2,3)29-20(24-25-26-29)19(16-8-5-6-9-17(16)23)27-11-13-28(14-12-27)21(30)18-10-7-15-31-18/h5-10,15,19H,4,11-14H2,1-3H3. The Hall–Kier alpha value is -2.71. The van der Waals surface area contributed by atoms with Crippen molar-refractivity contribution >= 4 is 17.5 Å². The molecule has 4 rings (SSSR count). The number of tetrazole rings is 1. The fourth-order valence-corrected chi connectivity index (χ4v) is 4.12. The Morgan fingerprint density at radius 3 is 2.55 bits per heavy atom. The number of rotatable bonds is 6. The highest BCUT2D eigenvalue weighted by Gasteiger charge is 2.36. The molecule has 1 amide bonds. The van der Waals surface area contributed by atoms with Gasteiger partial charge in [0, 0.05) is 31.2 Å². The molecule has 3 heterocycles. The van der Waals surface area contributed by atoms with E-state index in [0.717, 1.165) is 17.8 Å². The van der Waals surface area contributed by atoms with E-state index in [1.54, 1.807) is 12.1 Å². The van der Waals surface area contributed by atoms with Crippen molar-refractivity contribution in [2.75, 3.05) is 26.2 Å². The van der Waals surface area contributed by atoms with Gasteiger partial charge in [0.2, 0.25) is 0 Å². The van der Waals surface area contributed by atoms with E-state index >= 15 is 0 Å². The minimum absolute atomic E-state index is 0.0871. The highest BCUT2D eigenvalue weighted by atomic mass is 35.5. The smallest absolute Gasteiger partial charge is 0.289 e. The van der Waals surface area contributed by atoms with Gasteiger partial charge in [-0.2, -0.15) is 0 Å². The molecule has 1 atom stereocenters. The SMILES string of the molecule is CCC(C)(C)n1nnnc1C(c1ccccc1Cl)N1CCN(C(=O)c2ccco2)CC1. The quantitative estimate of drug-likeness (QED) is 0.580. The van der Waals surface area contributed by atoms with Crippen LogP contribution >= 0.6 is 11.6 Å². The Kier molecular flexibility index (Phi) is 6.11. The average Bonchev–Trinajstić information content (AvgIpc) is 3.48. The lowest BCUT2D eigenvalue weighted by Gasteiger charge is -2.39. The van der Waals surface area contributed by atoms with Gasteiger partial charge >= 0.3 is 0 Å². The van der Waals surface area contributed by atoms with E-state index in [4.69, 9.17) is 16.0 Å². The van der Waals surface area contributed by atoms with E-state index in [9.17, 15) is 4.79 Å². The van der Waals surface area contributed by atoms with Gasteiger partial charge < -0.3 is 9.32 Å². The number of amides is 1. The Morgan fingerprint density at radius 1 is 1.16 bits per heavy atom. The normalized spacial score (nSPS) is 16.5. The minimum Gasteiger partial charge on any atom is -0.459 e. The van der Waals surface area contributed by atoms with Crippen molar-refractivity contribution in [1.29, 1.82) is 0 Å². The first kappa shape index (κ1) is 21.5. The van der Waals surface area contributed by atoms with Gasteiger partial charge in [-0.15, -0.1) is 5.10 Å². The average molecular weight is 443 g/mol. The van der Waals surface area contributed by atoms with Gasteiger partial charge in [-0.25, -0.2) is 4.68 Å². The summed E-state index contributed by atoms with van der Waals surface area (Å²) in [5.41, 5.74) is 0.716. The molecule has 1 fully saturated rings. The van der Waals surface area contributed by atoms with Crippen molar-refractivity contribution in [2.45, 2.75) is 38.8 Å². The lowest BCUT2D eigenvalue weighted by molar-refractivity contribution is 0.0555. The van der Waals surface area contributed by atoms with Crippen LogP contribution < -0.4 is 0 Å². The number of nitrogens with zero attached hydrogens (tertiary/aromatic N) is 6. The summed E-state index contributed by atoms with van der Waals surface area (Å²) in [6, 6.07) is 11.0. The number of aromatic nitrogens is 4. The Morgan fingerprint density at radius 2 is 1.90 bits per heavy atom. The highest BCUT2D eigenvalue weighted by molar-refractivity contribution is 6.31. The van der Waals surface area contributed by atoms with Crippen molar-refractivity contribution in [1.82, 2.24) is 30.0 Å². The van der Waals surface area contributed by atoms with Crippen molar-refractivity contribution in [2.24, 2.45) is 0 Å². The molecule has 3 aromatic rings. The van der Waals surface area contributed by atoms with Crippen LogP contribution in [-0.2, 0) is 5.54 Å². The zero-order valence-corrected chi connectivity index (χ0v) is 18.8. The minimum atomic E-state index is -0.241.